The Bertz CT molecular complexity index is 487. The van der Waals surface area contributed by atoms with Crippen LogP contribution in [-0.4, -0.2) is 62.7 Å². The fourth-order valence-electron chi connectivity index (χ4n) is 2.42. The van der Waals surface area contributed by atoms with Crippen LogP contribution in [0.5, 0.6) is 0 Å². The van der Waals surface area contributed by atoms with Gasteiger partial charge in [-0.25, -0.2) is 0 Å². The van der Waals surface area contributed by atoms with E-state index in [9.17, 15) is 9.59 Å². The molecule has 2 rings (SSSR count). The average molecular weight is 319 g/mol. The minimum Gasteiger partial charge on any atom is -0.379 e. The molecule has 1 fully saturated rings. The monoisotopic (exact) mass is 319 g/mol. The lowest BCUT2D eigenvalue weighted by atomic mass is 10.2. The van der Waals surface area contributed by atoms with Crippen LogP contribution in [-0.2, 0) is 9.53 Å². The van der Waals surface area contributed by atoms with Crippen LogP contribution in [0.4, 0.5) is 0 Å². The van der Waals surface area contributed by atoms with E-state index in [1.807, 2.05) is 18.2 Å². The Labute approximate surface area is 137 Å². The summed E-state index contributed by atoms with van der Waals surface area (Å²) in [5.41, 5.74) is 0.610. The highest BCUT2D eigenvalue weighted by atomic mass is 16.5. The Kier molecular flexibility index (Phi) is 7.56. The summed E-state index contributed by atoms with van der Waals surface area (Å²) >= 11 is 0. The summed E-state index contributed by atoms with van der Waals surface area (Å²) < 4.78 is 5.29. The number of ether oxygens (including phenoxy) is 1. The second-order valence-electron chi connectivity index (χ2n) is 5.53. The molecule has 2 amide bonds. The predicted octanol–water partition coefficient (Wildman–Crippen LogP) is 0.645. The first kappa shape index (κ1) is 17.4. The van der Waals surface area contributed by atoms with Crippen molar-refractivity contribution >= 4 is 11.8 Å². The molecule has 6 nitrogen and oxygen atoms in total. The van der Waals surface area contributed by atoms with Crippen LogP contribution in [0, 0.1) is 0 Å². The van der Waals surface area contributed by atoms with Crippen LogP contribution in [0.3, 0.4) is 0 Å². The summed E-state index contributed by atoms with van der Waals surface area (Å²) in [4.78, 5) is 25.9. The first-order valence-electron chi connectivity index (χ1n) is 8.16. The molecular weight excluding hydrogens is 294 g/mol. The van der Waals surface area contributed by atoms with Gasteiger partial charge in [-0.3, -0.25) is 14.5 Å². The molecule has 1 aliphatic rings. The topological polar surface area (TPSA) is 70.7 Å². The van der Waals surface area contributed by atoms with Gasteiger partial charge in [0.25, 0.3) is 5.91 Å². The molecule has 23 heavy (non-hydrogen) atoms. The van der Waals surface area contributed by atoms with E-state index in [1.165, 1.54) is 0 Å². The van der Waals surface area contributed by atoms with E-state index in [-0.39, 0.29) is 11.8 Å². The van der Waals surface area contributed by atoms with Crippen LogP contribution in [0.1, 0.15) is 23.2 Å². The van der Waals surface area contributed by atoms with Gasteiger partial charge in [0.1, 0.15) is 0 Å². The Hall–Kier alpha value is -1.92. The molecule has 1 saturated heterocycles. The highest BCUT2D eigenvalue weighted by Crippen LogP contribution is 1.98. The molecule has 6 heteroatoms. The summed E-state index contributed by atoms with van der Waals surface area (Å²) in [6.07, 6.45) is 1.23. The minimum absolute atomic E-state index is 0.0275. The summed E-state index contributed by atoms with van der Waals surface area (Å²) in [7, 11) is 0. The second kappa shape index (κ2) is 9.97. The quantitative estimate of drug-likeness (QED) is 0.690. The van der Waals surface area contributed by atoms with Crippen LogP contribution in [0.25, 0.3) is 0 Å². The number of rotatable bonds is 8. The number of carbonyl (C=O) groups is 2. The maximum Gasteiger partial charge on any atom is 0.251 e. The maximum atomic E-state index is 11.8. The Morgan fingerprint density at radius 1 is 1.04 bits per heavy atom. The molecule has 0 atom stereocenters. The molecule has 1 heterocycles. The van der Waals surface area contributed by atoms with E-state index in [1.54, 1.807) is 12.1 Å². The van der Waals surface area contributed by atoms with E-state index < -0.39 is 0 Å². The van der Waals surface area contributed by atoms with Gasteiger partial charge in [-0.05, 0) is 25.1 Å². The molecule has 2 N–H and O–H groups in total. The molecule has 0 radical (unpaired) electrons. The normalized spacial score (nSPS) is 15.1. The van der Waals surface area contributed by atoms with Gasteiger partial charge in [0.05, 0.1) is 13.2 Å². The number of hydrogen-bond acceptors (Lipinski definition) is 4. The Balaban J connectivity index is 1.50. The SMILES string of the molecule is O=C(CCNC(=O)c1ccccc1)NCCCN1CCOCC1. The van der Waals surface area contributed by atoms with Crippen molar-refractivity contribution in [2.75, 3.05) is 45.9 Å². The smallest absolute Gasteiger partial charge is 0.251 e. The number of benzene rings is 1. The number of hydrogen-bond donors (Lipinski definition) is 2. The van der Waals surface area contributed by atoms with Crippen molar-refractivity contribution < 1.29 is 14.3 Å². The minimum atomic E-state index is -0.147. The van der Waals surface area contributed by atoms with Crippen LogP contribution < -0.4 is 10.6 Å². The van der Waals surface area contributed by atoms with Gasteiger partial charge in [0.15, 0.2) is 0 Å². The van der Waals surface area contributed by atoms with Crippen molar-refractivity contribution in [2.45, 2.75) is 12.8 Å². The molecule has 0 aliphatic carbocycles. The zero-order chi connectivity index (χ0) is 16.3. The van der Waals surface area contributed by atoms with Gasteiger partial charge in [0, 0.05) is 38.2 Å². The molecule has 1 aromatic rings. The summed E-state index contributed by atoms with van der Waals surface area (Å²) in [5, 5.41) is 5.64. The van der Waals surface area contributed by atoms with Gasteiger partial charge >= 0.3 is 0 Å². The van der Waals surface area contributed by atoms with Crippen LogP contribution in [0.15, 0.2) is 30.3 Å². The number of carbonyl (C=O) groups excluding carboxylic acids is 2. The van der Waals surface area contributed by atoms with Crippen molar-refractivity contribution in [1.82, 2.24) is 15.5 Å². The summed E-state index contributed by atoms with van der Waals surface area (Å²) in [6, 6.07) is 9.00. The zero-order valence-corrected chi connectivity index (χ0v) is 13.4. The molecular formula is C17H25N3O3. The Morgan fingerprint density at radius 2 is 1.78 bits per heavy atom. The molecule has 1 aliphatic heterocycles. The first-order chi connectivity index (χ1) is 11.3. The van der Waals surface area contributed by atoms with Gasteiger partial charge in [0.2, 0.25) is 5.91 Å². The molecule has 0 saturated carbocycles. The van der Waals surface area contributed by atoms with E-state index >= 15 is 0 Å². The van der Waals surface area contributed by atoms with Gasteiger partial charge in [-0.15, -0.1) is 0 Å². The molecule has 126 valence electrons. The largest absolute Gasteiger partial charge is 0.379 e. The summed E-state index contributed by atoms with van der Waals surface area (Å²) in [5.74, 6) is -0.175. The zero-order valence-electron chi connectivity index (χ0n) is 13.4. The number of morpholine rings is 1. The number of amides is 2. The third-order valence-electron chi connectivity index (χ3n) is 3.75. The van der Waals surface area contributed by atoms with E-state index in [4.69, 9.17) is 4.74 Å². The van der Waals surface area contributed by atoms with Crippen molar-refractivity contribution in [3.05, 3.63) is 35.9 Å². The lowest BCUT2D eigenvalue weighted by Crippen LogP contribution is -2.38. The van der Waals surface area contributed by atoms with Crippen molar-refractivity contribution in [3.63, 3.8) is 0 Å². The predicted molar refractivity (Wildman–Crippen MR) is 88.3 cm³/mol. The Morgan fingerprint density at radius 3 is 2.52 bits per heavy atom. The lowest BCUT2D eigenvalue weighted by Gasteiger charge is -2.26. The van der Waals surface area contributed by atoms with Crippen LogP contribution >= 0.6 is 0 Å². The molecule has 0 bridgehead atoms. The molecule has 1 aromatic carbocycles. The third kappa shape index (κ3) is 6.80. The standard InChI is InChI=1S/C17H25N3O3/c21-16(18-8-4-10-20-11-13-23-14-12-20)7-9-19-17(22)15-5-2-1-3-6-15/h1-3,5-6H,4,7-14H2,(H,18,21)(H,19,22). The molecule has 0 unspecified atom stereocenters. The van der Waals surface area contributed by atoms with E-state index in [2.05, 4.69) is 15.5 Å². The lowest BCUT2D eigenvalue weighted by molar-refractivity contribution is -0.120. The fraction of sp³-hybridized carbons (Fsp3) is 0.529. The average Bonchev–Trinajstić information content (AvgIpc) is 2.60. The van der Waals surface area contributed by atoms with Crippen molar-refractivity contribution in [2.24, 2.45) is 0 Å². The van der Waals surface area contributed by atoms with Crippen LogP contribution in [0.2, 0.25) is 0 Å². The fourth-order valence-corrected chi connectivity index (χ4v) is 2.42. The van der Waals surface area contributed by atoms with Gasteiger partial charge < -0.3 is 15.4 Å². The van der Waals surface area contributed by atoms with Crippen molar-refractivity contribution in [1.29, 1.82) is 0 Å². The first-order valence-corrected chi connectivity index (χ1v) is 8.16. The molecule has 0 spiro atoms. The highest BCUT2D eigenvalue weighted by molar-refractivity contribution is 5.94. The third-order valence-corrected chi connectivity index (χ3v) is 3.75. The molecule has 0 aromatic heterocycles. The number of nitrogens with one attached hydrogen (secondary N) is 2. The number of nitrogens with zero attached hydrogens (tertiary/aromatic N) is 1. The van der Waals surface area contributed by atoms with E-state index in [0.29, 0.717) is 25.1 Å². The van der Waals surface area contributed by atoms with E-state index in [0.717, 1.165) is 39.3 Å². The van der Waals surface area contributed by atoms with Gasteiger partial charge in [-0.2, -0.15) is 0 Å². The van der Waals surface area contributed by atoms with Gasteiger partial charge in [-0.1, -0.05) is 18.2 Å². The maximum absolute atomic E-state index is 11.8. The van der Waals surface area contributed by atoms with Crippen molar-refractivity contribution in [3.8, 4) is 0 Å². The second-order valence-corrected chi connectivity index (χ2v) is 5.53. The summed E-state index contributed by atoms with van der Waals surface area (Å²) in [6.45, 7) is 5.54. The highest BCUT2D eigenvalue weighted by Gasteiger charge is 2.10.